The molecule has 4 nitrogen and oxygen atoms in total. The number of pyridine rings is 1. The first-order valence-corrected chi connectivity index (χ1v) is 7.30. The van der Waals surface area contributed by atoms with Crippen LogP contribution in [0.15, 0.2) is 41.6 Å². The smallest absolute Gasteiger partial charge is 0.201 e. The molecule has 7 heteroatoms. The Balaban J connectivity index is 2.40. The number of nitrogens with zero attached hydrogens (tertiary/aromatic N) is 1. The maximum Gasteiger partial charge on any atom is 0.201 e. The van der Waals surface area contributed by atoms with Gasteiger partial charge in [-0.1, -0.05) is 17.7 Å². The number of rotatable bonds is 3. The third kappa shape index (κ3) is 3.02. The Labute approximate surface area is 115 Å². The molecule has 0 saturated heterocycles. The van der Waals surface area contributed by atoms with Crippen molar-refractivity contribution in [3.8, 4) is 0 Å². The van der Waals surface area contributed by atoms with Gasteiger partial charge in [-0.05, 0) is 29.8 Å². The molecule has 0 aliphatic heterocycles. The topological polar surface area (TPSA) is 73.0 Å². The molecule has 0 atom stereocenters. The lowest BCUT2D eigenvalue weighted by Crippen LogP contribution is -2.10. The molecule has 2 rings (SSSR count). The Bertz CT molecular complexity index is 719. The second-order valence-corrected chi connectivity index (χ2v) is 6.20. The summed E-state index contributed by atoms with van der Waals surface area (Å²) in [7, 11) is -3.72. The quantitative estimate of drug-likeness (QED) is 0.945. The van der Waals surface area contributed by atoms with E-state index in [-0.39, 0.29) is 21.5 Å². The Hall–Kier alpha value is -1.66. The highest BCUT2D eigenvalue weighted by atomic mass is 35.5. The first-order valence-electron chi connectivity index (χ1n) is 5.27. The van der Waals surface area contributed by atoms with Gasteiger partial charge >= 0.3 is 0 Å². The summed E-state index contributed by atoms with van der Waals surface area (Å²) < 4.78 is 37.2. The Morgan fingerprint density at radius 1 is 1.32 bits per heavy atom. The van der Waals surface area contributed by atoms with Gasteiger partial charge in [0, 0.05) is 11.2 Å². The average Bonchev–Trinajstić information content (AvgIpc) is 2.33. The van der Waals surface area contributed by atoms with Gasteiger partial charge in [-0.15, -0.1) is 0 Å². The van der Waals surface area contributed by atoms with E-state index in [4.69, 9.17) is 17.3 Å². The van der Waals surface area contributed by atoms with Gasteiger partial charge in [0.2, 0.25) is 9.84 Å². The van der Waals surface area contributed by atoms with Crippen molar-refractivity contribution in [3.63, 3.8) is 0 Å². The number of anilines is 1. The number of hydrogen-bond acceptors (Lipinski definition) is 4. The fourth-order valence-corrected chi connectivity index (χ4v) is 3.33. The molecule has 0 aliphatic rings. The fraction of sp³-hybridized carbons (Fsp3) is 0.0833. The van der Waals surface area contributed by atoms with E-state index in [1.54, 1.807) is 6.07 Å². The molecule has 1 aromatic carbocycles. The van der Waals surface area contributed by atoms with E-state index in [2.05, 4.69) is 4.98 Å². The number of nitrogens with two attached hydrogens (primary N) is 1. The number of halogens is 2. The lowest BCUT2D eigenvalue weighted by atomic mass is 10.2. The van der Waals surface area contributed by atoms with Crippen molar-refractivity contribution in [3.05, 3.63) is 52.9 Å². The molecule has 1 heterocycles. The summed E-state index contributed by atoms with van der Waals surface area (Å²) in [5.41, 5.74) is 5.96. The van der Waals surface area contributed by atoms with E-state index in [1.807, 2.05) is 0 Å². The van der Waals surface area contributed by atoms with Crippen LogP contribution in [0.2, 0.25) is 5.02 Å². The van der Waals surface area contributed by atoms with E-state index in [0.29, 0.717) is 5.56 Å². The van der Waals surface area contributed by atoms with Gasteiger partial charge in [-0.2, -0.15) is 0 Å². The SMILES string of the molecule is Nc1cccnc1S(=O)(=O)Cc1ccc(F)cc1Cl. The van der Waals surface area contributed by atoms with Crippen LogP contribution in [0.1, 0.15) is 5.56 Å². The van der Waals surface area contributed by atoms with E-state index in [0.717, 1.165) is 12.1 Å². The molecule has 0 spiro atoms. The molecule has 100 valence electrons. The van der Waals surface area contributed by atoms with Crippen molar-refractivity contribution >= 4 is 27.1 Å². The molecule has 0 amide bonds. The maximum absolute atomic E-state index is 12.9. The van der Waals surface area contributed by atoms with Gasteiger partial charge < -0.3 is 5.73 Å². The van der Waals surface area contributed by atoms with Crippen LogP contribution in [0, 0.1) is 5.82 Å². The minimum Gasteiger partial charge on any atom is -0.396 e. The number of aromatic nitrogens is 1. The van der Waals surface area contributed by atoms with E-state index in [1.165, 1.54) is 18.3 Å². The zero-order valence-corrected chi connectivity index (χ0v) is 11.2. The van der Waals surface area contributed by atoms with E-state index < -0.39 is 15.7 Å². The monoisotopic (exact) mass is 300 g/mol. The largest absolute Gasteiger partial charge is 0.396 e. The number of hydrogen-bond donors (Lipinski definition) is 1. The zero-order chi connectivity index (χ0) is 14.0. The van der Waals surface area contributed by atoms with Gasteiger partial charge in [-0.3, -0.25) is 0 Å². The van der Waals surface area contributed by atoms with Crippen LogP contribution in [0.3, 0.4) is 0 Å². The molecule has 0 saturated carbocycles. The number of nitrogen functional groups attached to an aromatic ring is 1. The molecule has 0 radical (unpaired) electrons. The van der Waals surface area contributed by atoms with Gasteiger partial charge in [-0.25, -0.2) is 17.8 Å². The Morgan fingerprint density at radius 3 is 2.68 bits per heavy atom. The molecule has 1 aromatic heterocycles. The first-order chi connectivity index (χ1) is 8.90. The molecular formula is C12H10ClFN2O2S. The minimum absolute atomic E-state index is 0.0538. The van der Waals surface area contributed by atoms with Crippen molar-refractivity contribution in [1.29, 1.82) is 0 Å². The Kier molecular flexibility index (Phi) is 3.73. The van der Waals surface area contributed by atoms with Crippen molar-refractivity contribution in [2.75, 3.05) is 5.73 Å². The molecule has 0 fully saturated rings. The van der Waals surface area contributed by atoms with E-state index in [9.17, 15) is 12.8 Å². The normalized spacial score (nSPS) is 11.5. The van der Waals surface area contributed by atoms with Crippen molar-refractivity contribution in [1.82, 2.24) is 4.98 Å². The summed E-state index contributed by atoms with van der Waals surface area (Å²) in [6, 6.07) is 6.53. The summed E-state index contributed by atoms with van der Waals surface area (Å²) in [5.74, 6) is -0.906. The van der Waals surface area contributed by atoms with Crippen molar-refractivity contribution in [2.24, 2.45) is 0 Å². The summed E-state index contributed by atoms with van der Waals surface area (Å²) in [5, 5.41) is -0.145. The van der Waals surface area contributed by atoms with Crippen LogP contribution in [0.25, 0.3) is 0 Å². The molecule has 0 aliphatic carbocycles. The van der Waals surface area contributed by atoms with Crippen LogP contribution in [0.4, 0.5) is 10.1 Å². The maximum atomic E-state index is 12.9. The minimum atomic E-state index is -3.72. The summed E-state index contributed by atoms with van der Waals surface area (Å²) in [6.45, 7) is 0. The van der Waals surface area contributed by atoms with Crippen LogP contribution in [-0.2, 0) is 15.6 Å². The van der Waals surface area contributed by atoms with Gasteiger partial charge in [0.1, 0.15) is 5.82 Å². The Morgan fingerprint density at radius 2 is 2.05 bits per heavy atom. The van der Waals surface area contributed by atoms with Crippen LogP contribution in [0.5, 0.6) is 0 Å². The highest BCUT2D eigenvalue weighted by molar-refractivity contribution is 7.90. The van der Waals surface area contributed by atoms with Crippen LogP contribution >= 0.6 is 11.6 Å². The predicted molar refractivity (Wildman–Crippen MR) is 70.9 cm³/mol. The molecule has 19 heavy (non-hydrogen) atoms. The number of sulfone groups is 1. The standard InChI is InChI=1S/C12H10ClFN2O2S/c13-10-6-9(14)4-3-8(10)7-19(17,18)12-11(15)2-1-5-16-12/h1-6H,7,15H2. The summed E-state index contributed by atoms with van der Waals surface area (Å²) in [4.78, 5) is 3.76. The zero-order valence-electron chi connectivity index (χ0n) is 9.68. The van der Waals surface area contributed by atoms with Crippen LogP contribution in [-0.4, -0.2) is 13.4 Å². The molecule has 2 aromatic rings. The number of benzene rings is 1. The third-order valence-electron chi connectivity index (χ3n) is 2.46. The molecule has 0 unspecified atom stereocenters. The third-order valence-corrected chi connectivity index (χ3v) is 4.43. The van der Waals surface area contributed by atoms with Gasteiger partial charge in [0.05, 0.1) is 11.4 Å². The highest BCUT2D eigenvalue weighted by Crippen LogP contribution is 2.24. The van der Waals surface area contributed by atoms with E-state index >= 15 is 0 Å². The van der Waals surface area contributed by atoms with Crippen molar-refractivity contribution in [2.45, 2.75) is 10.8 Å². The average molecular weight is 301 g/mol. The lowest BCUT2D eigenvalue weighted by molar-refractivity contribution is 0.591. The van der Waals surface area contributed by atoms with Crippen molar-refractivity contribution < 1.29 is 12.8 Å². The summed E-state index contributed by atoms with van der Waals surface area (Å²) >= 11 is 5.81. The van der Waals surface area contributed by atoms with Gasteiger partial charge in [0.25, 0.3) is 0 Å². The van der Waals surface area contributed by atoms with Crippen LogP contribution < -0.4 is 5.73 Å². The molecule has 0 bridgehead atoms. The highest BCUT2D eigenvalue weighted by Gasteiger charge is 2.21. The molecular weight excluding hydrogens is 291 g/mol. The summed E-state index contributed by atoms with van der Waals surface area (Å²) in [6.07, 6.45) is 1.34. The molecule has 2 N–H and O–H groups in total. The predicted octanol–water partition coefficient (Wildman–Crippen LogP) is 2.43. The second kappa shape index (κ2) is 5.14. The van der Waals surface area contributed by atoms with Gasteiger partial charge in [0.15, 0.2) is 5.03 Å². The first kappa shape index (κ1) is 13.8. The second-order valence-electron chi connectivity index (χ2n) is 3.89. The lowest BCUT2D eigenvalue weighted by Gasteiger charge is -2.07. The fourth-order valence-electron chi connectivity index (χ4n) is 1.57.